The summed E-state index contributed by atoms with van der Waals surface area (Å²) in [4.78, 5) is 18.1. The second-order valence-corrected chi connectivity index (χ2v) is 12.0. The van der Waals surface area contributed by atoms with Gasteiger partial charge in [0.15, 0.2) is 0 Å². The van der Waals surface area contributed by atoms with Gasteiger partial charge < -0.3 is 8.80 Å². The summed E-state index contributed by atoms with van der Waals surface area (Å²) in [6.07, 6.45) is 15.6. The smallest absolute Gasteiger partial charge is 0.0725 e. The Hall–Kier alpha value is -5.36. The zero-order valence-corrected chi connectivity index (χ0v) is 22.3. The first kappa shape index (κ1) is 20.5. The van der Waals surface area contributed by atoms with Crippen LogP contribution in [0.2, 0.25) is 0 Å². The third-order valence-corrected chi connectivity index (χ3v) is 9.90. The van der Waals surface area contributed by atoms with E-state index in [-0.39, 0.29) is 5.41 Å². The highest BCUT2D eigenvalue weighted by molar-refractivity contribution is 6.31. The Morgan fingerprint density at radius 1 is 0.537 bits per heavy atom. The van der Waals surface area contributed by atoms with Crippen molar-refractivity contribution in [3.05, 3.63) is 97.1 Å². The number of nitrogens with zero attached hydrogens (tertiary/aromatic N) is 6. The minimum absolute atomic E-state index is 0.222. The van der Waals surface area contributed by atoms with Crippen LogP contribution in [0.4, 0.5) is 0 Å². The summed E-state index contributed by atoms with van der Waals surface area (Å²) in [5, 5.41) is 10.1. The second-order valence-electron chi connectivity index (χ2n) is 12.0. The number of pyridine rings is 4. The van der Waals surface area contributed by atoms with Crippen molar-refractivity contribution in [2.45, 2.75) is 19.3 Å². The van der Waals surface area contributed by atoms with Crippen LogP contribution in [0.25, 0.3) is 87.3 Å². The molecule has 8 heterocycles. The summed E-state index contributed by atoms with van der Waals surface area (Å²) in [6, 6.07) is 13.6. The van der Waals surface area contributed by atoms with Gasteiger partial charge in [-0.25, -0.2) is 0 Å². The van der Waals surface area contributed by atoms with Gasteiger partial charge in [0, 0.05) is 73.3 Å². The molecule has 10 aromatic rings. The molecule has 41 heavy (non-hydrogen) atoms. The molecular formula is C35H20N6. The topological polar surface area (TPSA) is 60.4 Å². The molecule has 0 saturated heterocycles. The average Bonchev–Trinajstić information content (AvgIpc) is 3.76. The first-order chi connectivity index (χ1) is 20.1. The van der Waals surface area contributed by atoms with Crippen LogP contribution in [0.5, 0.6) is 0 Å². The lowest BCUT2D eigenvalue weighted by Crippen LogP contribution is -2.15. The largest absolute Gasteiger partial charge is 0.305 e. The molecule has 0 atom stereocenters. The molecule has 11 rings (SSSR count). The van der Waals surface area contributed by atoms with Crippen molar-refractivity contribution >= 4 is 76.2 Å². The highest BCUT2D eigenvalue weighted by Gasteiger charge is 2.41. The fourth-order valence-corrected chi connectivity index (χ4v) is 8.38. The summed E-state index contributed by atoms with van der Waals surface area (Å²) in [6.45, 7) is 4.80. The maximum Gasteiger partial charge on any atom is 0.0725 e. The van der Waals surface area contributed by atoms with Gasteiger partial charge in [-0.05, 0) is 58.7 Å². The van der Waals surface area contributed by atoms with E-state index in [0.29, 0.717) is 0 Å². The number of aromatic nitrogens is 6. The van der Waals surface area contributed by atoms with Crippen LogP contribution < -0.4 is 0 Å². The predicted molar refractivity (Wildman–Crippen MR) is 165 cm³/mol. The fourth-order valence-electron chi connectivity index (χ4n) is 8.38. The van der Waals surface area contributed by atoms with E-state index in [4.69, 9.17) is 0 Å². The number of fused-ring (bicyclic) bond motifs is 17. The molecule has 0 aliphatic heterocycles. The van der Waals surface area contributed by atoms with Gasteiger partial charge in [0.2, 0.25) is 0 Å². The summed E-state index contributed by atoms with van der Waals surface area (Å²) >= 11 is 0. The molecule has 190 valence electrons. The van der Waals surface area contributed by atoms with Crippen LogP contribution >= 0.6 is 0 Å². The minimum Gasteiger partial charge on any atom is -0.305 e. The molecule has 0 spiro atoms. The van der Waals surface area contributed by atoms with Crippen LogP contribution in [0, 0.1) is 0 Å². The lowest BCUT2D eigenvalue weighted by Gasteiger charge is -2.23. The lowest BCUT2D eigenvalue weighted by molar-refractivity contribution is 0.668. The van der Waals surface area contributed by atoms with E-state index in [1.807, 2.05) is 49.6 Å². The van der Waals surface area contributed by atoms with Gasteiger partial charge in [-0.3, -0.25) is 19.9 Å². The van der Waals surface area contributed by atoms with Crippen molar-refractivity contribution in [2.24, 2.45) is 0 Å². The number of rotatable bonds is 0. The van der Waals surface area contributed by atoms with E-state index in [1.54, 1.807) is 0 Å². The molecule has 1 aliphatic rings. The van der Waals surface area contributed by atoms with Gasteiger partial charge in [-0.15, -0.1) is 0 Å². The molecule has 0 unspecified atom stereocenters. The molecule has 2 aromatic carbocycles. The highest BCUT2D eigenvalue weighted by atomic mass is 14.9. The van der Waals surface area contributed by atoms with Crippen LogP contribution in [0.3, 0.4) is 0 Å². The van der Waals surface area contributed by atoms with E-state index in [2.05, 4.69) is 79.0 Å². The van der Waals surface area contributed by atoms with E-state index in [0.717, 1.165) is 22.1 Å². The maximum absolute atomic E-state index is 4.55. The summed E-state index contributed by atoms with van der Waals surface area (Å²) in [5.41, 5.74) is 12.2. The Bertz CT molecular complexity index is 2780. The summed E-state index contributed by atoms with van der Waals surface area (Å²) in [7, 11) is 0. The molecular weight excluding hydrogens is 504 g/mol. The van der Waals surface area contributed by atoms with Gasteiger partial charge >= 0.3 is 0 Å². The maximum atomic E-state index is 4.55. The summed E-state index contributed by atoms with van der Waals surface area (Å²) in [5.74, 6) is 0. The molecule has 8 aromatic heterocycles. The van der Waals surface area contributed by atoms with Gasteiger partial charge in [0.05, 0.1) is 57.9 Å². The van der Waals surface area contributed by atoms with Gasteiger partial charge in [-0.1, -0.05) is 13.8 Å². The van der Waals surface area contributed by atoms with E-state index < -0.39 is 0 Å². The van der Waals surface area contributed by atoms with Gasteiger partial charge in [0.1, 0.15) is 0 Å². The zero-order chi connectivity index (χ0) is 26.8. The number of benzene rings is 2. The first-order valence-corrected chi connectivity index (χ1v) is 14.0. The number of hydrogen-bond donors (Lipinski definition) is 0. The van der Waals surface area contributed by atoms with Gasteiger partial charge in [0.25, 0.3) is 0 Å². The Balaban J connectivity index is 1.47. The second kappa shape index (κ2) is 6.34. The fraction of sp³-hybridized carbons (Fsp3) is 0.0857. The quantitative estimate of drug-likeness (QED) is 0.203. The molecule has 0 saturated carbocycles. The molecule has 0 amide bonds. The normalized spacial score (nSPS) is 14.8. The molecule has 0 fully saturated rings. The SMILES string of the molecule is CC1(C)c2cc3c4ccncc4n4c5cnccc5c(c2-c2cc5c6ccncc6n6c7cnccc7c(c21)c56)c34. The van der Waals surface area contributed by atoms with E-state index in [9.17, 15) is 0 Å². The third-order valence-electron chi connectivity index (χ3n) is 9.90. The minimum atomic E-state index is -0.222. The van der Waals surface area contributed by atoms with E-state index in [1.165, 1.54) is 76.4 Å². The van der Waals surface area contributed by atoms with Crippen molar-refractivity contribution in [1.82, 2.24) is 28.7 Å². The predicted octanol–water partition coefficient (Wildman–Crippen LogP) is 7.87. The first-order valence-electron chi connectivity index (χ1n) is 14.0. The third kappa shape index (κ3) is 2.04. The van der Waals surface area contributed by atoms with Crippen molar-refractivity contribution in [3.8, 4) is 11.1 Å². The standard InChI is InChI=1S/C35H20N6/c1-35(2)24-12-22-18-4-8-37-14-26(18)40-27-15-38-9-5-19(27)30(33(22)40)29(24)23-11-21-17-3-7-36-13-25(17)41-28-16-39-10-6-20(28)31(32(23)35)34(21)41/h3-16H,1-2H3. The lowest BCUT2D eigenvalue weighted by atomic mass is 9.79. The monoisotopic (exact) mass is 524 g/mol. The van der Waals surface area contributed by atoms with E-state index >= 15 is 0 Å². The van der Waals surface area contributed by atoms with Crippen molar-refractivity contribution < 1.29 is 0 Å². The van der Waals surface area contributed by atoms with Gasteiger partial charge in [-0.2, -0.15) is 0 Å². The van der Waals surface area contributed by atoms with Crippen LogP contribution in [0.1, 0.15) is 25.0 Å². The molecule has 0 N–H and O–H groups in total. The Labute approximate surface area is 232 Å². The van der Waals surface area contributed by atoms with Crippen LogP contribution in [-0.2, 0) is 5.41 Å². The van der Waals surface area contributed by atoms with Crippen LogP contribution in [0.15, 0.2) is 86.0 Å². The molecule has 6 nitrogen and oxygen atoms in total. The van der Waals surface area contributed by atoms with Crippen molar-refractivity contribution in [2.75, 3.05) is 0 Å². The highest BCUT2D eigenvalue weighted by Crippen LogP contribution is 2.59. The van der Waals surface area contributed by atoms with Crippen molar-refractivity contribution in [1.29, 1.82) is 0 Å². The van der Waals surface area contributed by atoms with Crippen LogP contribution in [-0.4, -0.2) is 28.7 Å². The zero-order valence-electron chi connectivity index (χ0n) is 22.3. The Kier molecular flexibility index (Phi) is 3.17. The molecule has 6 heteroatoms. The Morgan fingerprint density at radius 3 is 1.59 bits per heavy atom. The average molecular weight is 525 g/mol. The summed E-state index contributed by atoms with van der Waals surface area (Å²) < 4.78 is 4.75. The Morgan fingerprint density at radius 2 is 1.00 bits per heavy atom. The molecule has 0 bridgehead atoms. The van der Waals surface area contributed by atoms with Crippen molar-refractivity contribution in [3.63, 3.8) is 0 Å². The number of hydrogen-bond acceptors (Lipinski definition) is 4. The molecule has 1 aliphatic carbocycles. The molecule has 0 radical (unpaired) electrons.